The van der Waals surface area contributed by atoms with Crippen molar-refractivity contribution in [1.82, 2.24) is 0 Å². The van der Waals surface area contributed by atoms with Gasteiger partial charge in [-0.3, -0.25) is 28.8 Å². The van der Waals surface area contributed by atoms with E-state index in [0.29, 0.717) is 44.5 Å². The molecule has 1 heterocycles. The molecule has 4 aromatic carbocycles. The van der Waals surface area contributed by atoms with Crippen LogP contribution >= 0.6 is 21.6 Å². The van der Waals surface area contributed by atoms with Crippen molar-refractivity contribution >= 4 is 57.0 Å². The molecule has 5 rings (SSSR count). The predicted octanol–water partition coefficient (Wildman–Crippen LogP) is 15.4. The molecule has 0 radical (unpaired) electrons. The normalized spacial score (nSPS) is 15.6. The molecule has 10 heteroatoms. The Morgan fingerprint density at radius 3 is 1.38 bits per heavy atom. The van der Waals surface area contributed by atoms with Gasteiger partial charge < -0.3 is 9.47 Å². The molecule has 1 aliphatic rings. The van der Waals surface area contributed by atoms with Gasteiger partial charge in [0.15, 0.2) is 11.6 Å². The van der Waals surface area contributed by atoms with Crippen LogP contribution in [-0.2, 0) is 28.7 Å². The van der Waals surface area contributed by atoms with Crippen molar-refractivity contribution in [3.8, 4) is 0 Å². The van der Waals surface area contributed by atoms with Crippen LogP contribution in [0.1, 0.15) is 160 Å². The number of esters is 4. The molecule has 0 amide bonds. The van der Waals surface area contributed by atoms with Crippen LogP contribution in [0.15, 0.2) is 182 Å². The van der Waals surface area contributed by atoms with Gasteiger partial charge in [-0.2, -0.15) is 0 Å². The Kier molecular flexibility index (Phi) is 26.9. The minimum Gasteiger partial charge on any atom is -0.393 e. The van der Waals surface area contributed by atoms with E-state index in [1.165, 1.54) is 12.2 Å². The summed E-state index contributed by atoms with van der Waals surface area (Å²) in [6.45, 7) is 7.77. The number of rotatable bonds is 26. The number of carbonyl (C=O) groups is 6. The number of hydrogen-bond acceptors (Lipinski definition) is 10. The highest BCUT2D eigenvalue weighted by atomic mass is 33.1. The van der Waals surface area contributed by atoms with Crippen LogP contribution < -0.4 is 0 Å². The maximum atomic E-state index is 12.7. The molecular weight excluding hydrogens is 937 g/mol. The maximum Gasteiger partial charge on any atom is 0.320 e. The SMILES string of the molecule is CC(C(=O)OC(=O)CCCC[C@]1(C)CCSS1)c1cccc(C(=O)c2ccccc2)c1.CC/C=C\C/C=C\C/C=C\C/C=C\C/C=C\C/C=C\CC(=O)OC(=O)C(C)c1cccc(C(=O)c2ccccc2)c1. The molecule has 0 aliphatic carbocycles. The monoisotopic (exact) mass is 1010 g/mol. The molecule has 0 bridgehead atoms. The molecule has 72 heavy (non-hydrogen) atoms. The number of benzene rings is 4. The Hall–Kier alpha value is -6.36. The fourth-order valence-electron chi connectivity index (χ4n) is 7.30. The average Bonchev–Trinajstić information content (AvgIpc) is 3.85. The minimum absolute atomic E-state index is 0.0235. The van der Waals surface area contributed by atoms with Crippen LogP contribution in [0.3, 0.4) is 0 Å². The summed E-state index contributed by atoms with van der Waals surface area (Å²) in [6.07, 6.45) is 34.8. The lowest BCUT2D eigenvalue weighted by Gasteiger charge is -2.20. The third-order valence-corrected chi connectivity index (χ3v) is 15.1. The summed E-state index contributed by atoms with van der Waals surface area (Å²) in [5.41, 5.74) is 3.44. The maximum absolute atomic E-state index is 12.7. The highest BCUT2D eigenvalue weighted by molar-refractivity contribution is 8.77. The van der Waals surface area contributed by atoms with Crippen LogP contribution in [0.2, 0.25) is 0 Å². The highest BCUT2D eigenvalue weighted by Crippen LogP contribution is 2.49. The predicted molar refractivity (Wildman–Crippen MR) is 296 cm³/mol. The first-order valence-corrected chi connectivity index (χ1v) is 27.3. The van der Waals surface area contributed by atoms with Gasteiger partial charge >= 0.3 is 23.9 Å². The average molecular weight is 1010 g/mol. The molecule has 0 spiro atoms. The summed E-state index contributed by atoms with van der Waals surface area (Å²) in [5.74, 6) is -2.63. The molecule has 1 saturated heterocycles. The van der Waals surface area contributed by atoms with Crippen LogP contribution in [0.4, 0.5) is 0 Å². The molecule has 2 unspecified atom stereocenters. The highest BCUT2D eigenvalue weighted by Gasteiger charge is 2.30. The van der Waals surface area contributed by atoms with E-state index in [2.05, 4.69) is 68.5 Å². The van der Waals surface area contributed by atoms with E-state index >= 15 is 0 Å². The van der Waals surface area contributed by atoms with Crippen molar-refractivity contribution in [2.24, 2.45) is 0 Å². The van der Waals surface area contributed by atoms with E-state index < -0.39 is 35.7 Å². The molecule has 8 nitrogen and oxygen atoms in total. The molecule has 0 N–H and O–H groups in total. The Morgan fingerprint density at radius 1 is 0.528 bits per heavy atom. The van der Waals surface area contributed by atoms with Crippen LogP contribution in [0, 0.1) is 0 Å². The van der Waals surface area contributed by atoms with Crippen molar-refractivity contribution in [3.05, 3.63) is 215 Å². The molecule has 378 valence electrons. The number of ketones is 2. The second-order valence-corrected chi connectivity index (χ2v) is 20.6. The van der Waals surface area contributed by atoms with Crippen molar-refractivity contribution in [2.75, 3.05) is 5.75 Å². The first kappa shape index (κ1) is 58.2. The van der Waals surface area contributed by atoms with Crippen molar-refractivity contribution in [3.63, 3.8) is 0 Å². The Labute approximate surface area is 435 Å². The second-order valence-electron chi connectivity index (χ2n) is 17.6. The van der Waals surface area contributed by atoms with Gasteiger partial charge in [0, 0.05) is 39.2 Å². The van der Waals surface area contributed by atoms with Gasteiger partial charge in [-0.15, -0.1) is 0 Å². The van der Waals surface area contributed by atoms with Crippen molar-refractivity contribution in [1.29, 1.82) is 0 Å². The zero-order valence-electron chi connectivity index (χ0n) is 42.3. The molecule has 3 atom stereocenters. The standard InChI is InChI=1S/C37H42O4.C25H28O4S2/c1-3-4-5-6-7-8-9-10-11-12-13-14-15-16-17-18-19-23-29-35(38)41-37(40)31(2)33-27-24-28-34(30-33)36(39)32-25-21-20-22-26-32;1-18(20-11-8-12-21(17-20)23(27)19-9-4-3-5-10-19)24(28)29-22(26)13-6-7-14-25(2)15-16-30-31-25/h4-5,7-8,10-11,13-14,16-17,19-28,30-31H,3,6,9,12,15,18,29H2,1-2H3;3-5,8-12,17-18H,6-7,13-16H2,1-2H3/b5-4-,8-7-,11-10-,14-13-,17-16-,23-19-;/t;18?,25-/m.1/s1. The third-order valence-electron chi connectivity index (χ3n) is 11.7. The van der Waals surface area contributed by atoms with Gasteiger partial charge in [-0.05, 0) is 102 Å². The summed E-state index contributed by atoms with van der Waals surface area (Å²) >= 11 is 0. The third kappa shape index (κ3) is 22.0. The lowest BCUT2D eigenvalue weighted by atomic mass is 9.96. The molecule has 1 fully saturated rings. The van der Waals surface area contributed by atoms with Gasteiger partial charge in [0.2, 0.25) is 0 Å². The lowest BCUT2D eigenvalue weighted by Crippen LogP contribution is -2.19. The Bertz CT molecular complexity index is 2530. The zero-order valence-corrected chi connectivity index (χ0v) is 43.9. The Morgan fingerprint density at radius 2 is 0.944 bits per heavy atom. The lowest BCUT2D eigenvalue weighted by molar-refractivity contribution is -0.162. The van der Waals surface area contributed by atoms with E-state index in [4.69, 9.17) is 9.47 Å². The minimum atomic E-state index is -0.673. The summed E-state index contributed by atoms with van der Waals surface area (Å²) < 4.78 is 10.4. The van der Waals surface area contributed by atoms with E-state index in [-0.39, 0.29) is 24.4 Å². The molecule has 4 aromatic rings. The second kappa shape index (κ2) is 33.3. The number of allylic oxidation sites excluding steroid dienone is 11. The van der Waals surface area contributed by atoms with Crippen molar-refractivity contribution in [2.45, 2.75) is 121 Å². The number of ether oxygens (including phenoxy) is 2. The molecule has 0 aromatic heterocycles. The molecular formula is C62H70O8S2. The topological polar surface area (TPSA) is 121 Å². The first-order valence-electron chi connectivity index (χ1n) is 25.0. The summed E-state index contributed by atoms with van der Waals surface area (Å²) in [7, 11) is 3.86. The zero-order chi connectivity index (χ0) is 51.8. The van der Waals surface area contributed by atoms with E-state index in [9.17, 15) is 28.8 Å². The number of unbranched alkanes of at least 4 members (excludes halogenated alkanes) is 1. The van der Waals surface area contributed by atoms with Gasteiger partial charge in [0.1, 0.15) is 0 Å². The number of carbonyl (C=O) groups excluding carboxylic acids is 6. The smallest absolute Gasteiger partial charge is 0.320 e. The van der Waals surface area contributed by atoms with E-state index in [1.807, 2.05) is 58.0 Å². The largest absolute Gasteiger partial charge is 0.393 e. The van der Waals surface area contributed by atoms with Gasteiger partial charge in [0.25, 0.3) is 0 Å². The summed E-state index contributed by atoms with van der Waals surface area (Å²) in [6, 6.07) is 31.8. The Balaban J connectivity index is 0.000000324. The molecule has 1 aliphatic heterocycles. The fraction of sp³-hybridized carbons (Fsp3) is 0.323. The number of hydrogen-bond donors (Lipinski definition) is 0. The summed E-state index contributed by atoms with van der Waals surface area (Å²) in [4.78, 5) is 74.6. The van der Waals surface area contributed by atoms with Crippen LogP contribution in [0.5, 0.6) is 0 Å². The van der Waals surface area contributed by atoms with Gasteiger partial charge in [-0.25, -0.2) is 0 Å². The van der Waals surface area contributed by atoms with Gasteiger partial charge in [0.05, 0.1) is 18.3 Å². The van der Waals surface area contributed by atoms with E-state index in [0.717, 1.165) is 51.4 Å². The molecule has 0 saturated carbocycles. The van der Waals surface area contributed by atoms with E-state index in [1.54, 1.807) is 105 Å². The summed E-state index contributed by atoms with van der Waals surface area (Å²) in [5, 5.41) is 0. The first-order chi connectivity index (χ1) is 34.9. The van der Waals surface area contributed by atoms with Gasteiger partial charge in [-0.1, -0.05) is 205 Å². The quantitative estimate of drug-likeness (QED) is 0.0150. The van der Waals surface area contributed by atoms with Crippen LogP contribution in [-0.4, -0.2) is 45.9 Å². The van der Waals surface area contributed by atoms with Crippen LogP contribution in [0.25, 0.3) is 0 Å². The fourth-order valence-corrected chi connectivity index (χ4v) is 10.6. The van der Waals surface area contributed by atoms with Crippen molar-refractivity contribution < 1.29 is 38.2 Å².